The van der Waals surface area contributed by atoms with Gasteiger partial charge < -0.3 is 10.4 Å². The first kappa shape index (κ1) is 13.6. The predicted molar refractivity (Wildman–Crippen MR) is 64.3 cm³/mol. The Morgan fingerprint density at radius 3 is 2.29 bits per heavy atom. The fourth-order valence-electron chi connectivity index (χ4n) is 2.31. The number of benzene rings is 2. The predicted octanol–water partition coefficient (Wildman–Crippen LogP) is 2.43. The third-order valence-corrected chi connectivity index (χ3v) is 3.39. The normalized spacial score (nSPS) is 20.3. The Bertz CT molecular complexity index is 778. The summed E-state index contributed by atoms with van der Waals surface area (Å²) in [6.45, 7) is 0. The zero-order valence-corrected chi connectivity index (χ0v) is 10.3. The van der Waals surface area contributed by atoms with Crippen LogP contribution in [0.3, 0.4) is 0 Å². The zero-order valence-electron chi connectivity index (χ0n) is 10.3. The van der Waals surface area contributed by atoms with E-state index in [1.807, 2.05) is 5.32 Å². The lowest BCUT2D eigenvalue weighted by molar-refractivity contribution is -0.129. The lowest BCUT2D eigenvalue weighted by Crippen LogP contribution is -2.35. The highest BCUT2D eigenvalue weighted by Crippen LogP contribution is 2.42. The first-order valence-corrected chi connectivity index (χ1v) is 5.83. The molecule has 3 rings (SSSR count). The summed E-state index contributed by atoms with van der Waals surface area (Å²) in [6, 6.07) is 4.10. The van der Waals surface area contributed by atoms with Crippen LogP contribution in [0.5, 0.6) is 0 Å². The molecule has 0 spiro atoms. The number of anilines is 1. The lowest BCUT2D eigenvalue weighted by atomic mass is 9.87. The van der Waals surface area contributed by atoms with Crippen molar-refractivity contribution >= 4 is 11.6 Å². The maximum Gasteiger partial charge on any atom is 0.265 e. The standard InChI is InChI=1S/C14H7F4NO2/c15-8-3-1-6(5-10(8)17)14(21)7-2-4-9(16)11(18)12(7)19-13(14)20/h1-5,21H,(H,19,20). The number of aliphatic hydroxyl groups is 1. The fourth-order valence-corrected chi connectivity index (χ4v) is 2.31. The number of carbonyl (C=O) groups is 1. The van der Waals surface area contributed by atoms with E-state index < -0.39 is 40.5 Å². The number of fused-ring (bicyclic) bond motifs is 1. The molecule has 1 atom stereocenters. The molecule has 2 aromatic rings. The van der Waals surface area contributed by atoms with Crippen LogP contribution in [0.4, 0.5) is 23.2 Å². The van der Waals surface area contributed by atoms with Crippen LogP contribution in [0.2, 0.25) is 0 Å². The molecule has 0 saturated heterocycles. The minimum Gasteiger partial charge on any atom is -0.372 e. The van der Waals surface area contributed by atoms with Crippen molar-refractivity contribution in [2.45, 2.75) is 5.60 Å². The van der Waals surface area contributed by atoms with Crippen LogP contribution >= 0.6 is 0 Å². The SMILES string of the molecule is O=C1Nc2c(ccc(F)c2F)C1(O)c1ccc(F)c(F)c1. The zero-order chi connectivity index (χ0) is 15.4. The second-order valence-corrected chi connectivity index (χ2v) is 4.58. The highest BCUT2D eigenvalue weighted by atomic mass is 19.2. The van der Waals surface area contributed by atoms with Crippen LogP contribution in [-0.2, 0) is 10.4 Å². The van der Waals surface area contributed by atoms with Gasteiger partial charge in [0.15, 0.2) is 28.9 Å². The number of hydrogen-bond acceptors (Lipinski definition) is 2. The molecular formula is C14H7F4NO2. The van der Waals surface area contributed by atoms with Crippen LogP contribution in [0.15, 0.2) is 30.3 Å². The molecule has 0 saturated carbocycles. The van der Waals surface area contributed by atoms with Crippen molar-refractivity contribution in [2.24, 2.45) is 0 Å². The molecular weight excluding hydrogens is 290 g/mol. The smallest absolute Gasteiger partial charge is 0.265 e. The van der Waals surface area contributed by atoms with Gasteiger partial charge in [-0.2, -0.15) is 0 Å². The molecule has 3 nitrogen and oxygen atoms in total. The Labute approximate surface area is 115 Å². The average Bonchev–Trinajstić information content (AvgIpc) is 2.71. The molecule has 7 heteroatoms. The molecule has 2 aromatic carbocycles. The number of carbonyl (C=O) groups excluding carboxylic acids is 1. The first-order chi connectivity index (χ1) is 9.85. The minimum absolute atomic E-state index is 0.266. The summed E-state index contributed by atoms with van der Waals surface area (Å²) < 4.78 is 53.0. The number of rotatable bonds is 1. The monoisotopic (exact) mass is 297 g/mol. The second-order valence-electron chi connectivity index (χ2n) is 4.58. The van der Waals surface area contributed by atoms with E-state index in [4.69, 9.17) is 0 Å². The quantitative estimate of drug-likeness (QED) is 0.794. The van der Waals surface area contributed by atoms with Crippen LogP contribution < -0.4 is 5.32 Å². The summed E-state index contributed by atoms with van der Waals surface area (Å²) in [5, 5.41) is 12.5. The topological polar surface area (TPSA) is 49.3 Å². The number of halogens is 4. The molecule has 0 radical (unpaired) electrons. The van der Waals surface area contributed by atoms with Crippen LogP contribution in [0, 0.1) is 23.3 Å². The summed E-state index contributed by atoms with van der Waals surface area (Å²) in [5.74, 6) is -6.05. The molecule has 0 bridgehead atoms. The summed E-state index contributed by atoms with van der Waals surface area (Å²) in [6.07, 6.45) is 0. The molecule has 1 amide bonds. The van der Waals surface area contributed by atoms with E-state index in [2.05, 4.69) is 0 Å². The Kier molecular flexibility index (Phi) is 2.77. The van der Waals surface area contributed by atoms with Crippen LogP contribution in [-0.4, -0.2) is 11.0 Å². The molecule has 1 aliphatic rings. The molecule has 0 fully saturated rings. The summed E-state index contributed by atoms with van der Waals surface area (Å²) in [4.78, 5) is 11.9. The van der Waals surface area contributed by atoms with Gasteiger partial charge >= 0.3 is 0 Å². The molecule has 1 aliphatic heterocycles. The van der Waals surface area contributed by atoms with E-state index in [0.717, 1.165) is 24.3 Å². The van der Waals surface area contributed by atoms with Crippen LogP contribution in [0.1, 0.15) is 11.1 Å². The summed E-state index contributed by atoms with van der Waals surface area (Å²) in [7, 11) is 0. The van der Waals surface area contributed by atoms with Crippen molar-refractivity contribution in [3.05, 3.63) is 64.7 Å². The fraction of sp³-hybridized carbons (Fsp3) is 0.0714. The largest absolute Gasteiger partial charge is 0.372 e. The van der Waals surface area contributed by atoms with Gasteiger partial charge in [-0.1, -0.05) is 12.1 Å². The Hall–Kier alpha value is -2.41. The second kappa shape index (κ2) is 4.29. The van der Waals surface area contributed by atoms with Crippen molar-refractivity contribution in [3.8, 4) is 0 Å². The van der Waals surface area contributed by atoms with Crippen molar-refractivity contribution < 1.29 is 27.5 Å². The van der Waals surface area contributed by atoms with Gasteiger partial charge in [-0.3, -0.25) is 4.79 Å². The Morgan fingerprint density at radius 1 is 0.952 bits per heavy atom. The van der Waals surface area contributed by atoms with E-state index in [1.165, 1.54) is 0 Å². The maximum absolute atomic E-state index is 13.6. The van der Waals surface area contributed by atoms with Gasteiger partial charge in [0.1, 0.15) is 0 Å². The average molecular weight is 297 g/mol. The third kappa shape index (κ3) is 1.74. The number of amides is 1. The van der Waals surface area contributed by atoms with Crippen molar-refractivity contribution in [2.75, 3.05) is 5.32 Å². The van der Waals surface area contributed by atoms with E-state index in [0.29, 0.717) is 6.07 Å². The van der Waals surface area contributed by atoms with Crippen molar-refractivity contribution in [1.82, 2.24) is 0 Å². The molecule has 2 N–H and O–H groups in total. The van der Waals surface area contributed by atoms with E-state index in [-0.39, 0.29) is 11.1 Å². The molecule has 1 unspecified atom stereocenters. The molecule has 1 heterocycles. The van der Waals surface area contributed by atoms with Gasteiger partial charge in [0.05, 0.1) is 5.69 Å². The number of nitrogens with one attached hydrogen (secondary N) is 1. The lowest BCUT2D eigenvalue weighted by Gasteiger charge is -2.21. The minimum atomic E-state index is -2.42. The van der Waals surface area contributed by atoms with Gasteiger partial charge in [-0.25, -0.2) is 17.6 Å². The van der Waals surface area contributed by atoms with E-state index in [1.54, 1.807) is 0 Å². The first-order valence-electron chi connectivity index (χ1n) is 5.83. The Balaban J connectivity index is 2.25. The summed E-state index contributed by atoms with van der Waals surface area (Å²) in [5.41, 5.74) is -3.49. The van der Waals surface area contributed by atoms with Crippen molar-refractivity contribution in [3.63, 3.8) is 0 Å². The third-order valence-electron chi connectivity index (χ3n) is 3.39. The van der Waals surface area contributed by atoms with Crippen molar-refractivity contribution in [1.29, 1.82) is 0 Å². The van der Waals surface area contributed by atoms with Crippen LogP contribution in [0.25, 0.3) is 0 Å². The van der Waals surface area contributed by atoms with Gasteiger partial charge in [-0.05, 0) is 18.2 Å². The highest BCUT2D eigenvalue weighted by molar-refractivity contribution is 6.07. The number of hydrogen-bond donors (Lipinski definition) is 2. The van der Waals surface area contributed by atoms with E-state index in [9.17, 15) is 27.5 Å². The Morgan fingerprint density at radius 2 is 1.62 bits per heavy atom. The van der Waals surface area contributed by atoms with Gasteiger partial charge in [0.2, 0.25) is 0 Å². The molecule has 0 aliphatic carbocycles. The molecule has 0 aromatic heterocycles. The maximum atomic E-state index is 13.6. The van der Waals surface area contributed by atoms with Gasteiger partial charge in [0.25, 0.3) is 5.91 Å². The summed E-state index contributed by atoms with van der Waals surface area (Å²) >= 11 is 0. The molecule has 21 heavy (non-hydrogen) atoms. The van der Waals surface area contributed by atoms with Gasteiger partial charge in [-0.15, -0.1) is 0 Å². The van der Waals surface area contributed by atoms with Gasteiger partial charge in [0, 0.05) is 11.1 Å². The highest BCUT2D eigenvalue weighted by Gasteiger charge is 2.48. The van der Waals surface area contributed by atoms with E-state index >= 15 is 0 Å². The molecule has 108 valence electrons.